The highest BCUT2D eigenvalue weighted by Gasteiger charge is 2.14. The molecule has 0 aliphatic rings. The van der Waals surface area contributed by atoms with Gasteiger partial charge in [-0.15, -0.1) is 16.8 Å². The van der Waals surface area contributed by atoms with E-state index in [1.165, 1.54) is 17.8 Å². The predicted octanol–water partition coefficient (Wildman–Crippen LogP) is 4.74. The van der Waals surface area contributed by atoms with Crippen LogP contribution < -0.4 is 10.6 Å². The van der Waals surface area contributed by atoms with Gasteiger partial charge in [0.15, 0.2) is 11.0 Å². The molecule has 7 nitrogen and oxygen atoms in total. The molecule has 0 bridgehead atoms. The van der Waals surface area contributed by atoms with Gasteiger partial charge in [0.05, 0.1) is 12.3 Å². The van der Waals surface area contributed by atoms with E-state index in [1.54, 1.807) is 18.2 Å². The molecule has 1 aromatic heterocycles. The van der Waals surface area contributed by atoms with Crippen molar-refractivity contribution < 1.29 is 9.59 Å². The summed E-state index contributed by atoms with van der Waals surface area (Å²) in [5.41, 5.74) is 2.65. The minimum Gasteiger partial charge on any atom is -0.345 e. The van der Waals surface area contributed by atoms with Crippen LogP contribution in [0.2, 0.25) is 5.02 Å². The molecule has 34 heavy (non-hydrogen) atoms. The molecular weight excluding hydrogens is 470 g/mol. The van der Waals surface area contributed by atoms with Crippen LogP contribution in [0.1, 0.15) is 23.9 Å². The average molecular weight is 496 g/mol. The van der Waals surface area contributed by atoms with Gasteiger partial charge in [0.2, 0.25) is 11.8 Å². The van der Waals surface area contributed by atoms with E-state index in [0.29, 0.717) is 22.5 Å². The first kappa shape index (κ1) is 25.3. The Kier molecular flexibility index (Phi) is 9.49. The lowest BCUT2D eigenvalue weighted by molar-refractivity contribution is -0.116. The number of allylic oxidation sites excluding steroid dienone is 1. The van der Waals surface area contributed by atoms with Gasteiger partial charge in [0, 0.05) is 23.3 Å². The Morgan fingerprint density at radius 2 is 1.91 bits per heavy atom. The number of rotatable bonds is 11. The van der Waals surface area contributed by atoms with Crippen LogP contribution in [0, 0.1) is 0 Å². The van der Waals surface area contributed by atoms with Gasteiger partial charge >= 0.3 is 0 Å². The quantitative estimate of drug-likeness (QED) is 0.228. The van der Waals surface area contributed by atoms with E-state index >= 15 is 0 Å². The highest BCUT2D eigenvalue weighted by atomic mass is 35.5. The summed E-state index contributed by atoms with van der Waals surface area (Å²) >= 11 is 7.39. The number of nitrogens with zero attached hydrogens (tertiary/aromatic N) is 3. The van der Waals surface area contributed by atoms with Crippen LogP contribution in [0.5, 0.6) is 0 Å². The Morgan fingerprint density at radius 3 is 2.68 bits per heavy atom. The maximum atomic E-state index is 12.5. The summed E-state index contributed by atoms with van der Waals surface area (Å²) in [5, 5.41) is 15.3. The number of aromatic nitrogens is 3. The van der Waals surface area contributed by atoms with E-state index in [-0.39, 0.29) is 24.1 Å². The molecule has 0 atom stereocenters. The fraction of sp³-hybridized carbons (Fsp3) is 0.200. The Labute approximate surface area is 208 Å². The van der Waals surface area contributed by atoms with Crippen molar-refractivity contribution in [3.05, 3.63) is 89.2 Å². The lowest BCUT2D eigenvalue weighted by Crippen LogP contribution is -2.23. The zero-order valence-corrected chi connectivity index (χ0v) is 20.4. The van der Waals surface area contributed by atoms with Crippen LogP contribution in [0.4, 0.5) is 5.69 Å². The number of amides is 2. The van der Waals surface area contributed by atoms with Gasteiger partial charge in [-0.25, -0.2) is 0 Å². The van der Waals surface area contributed by atoms with Crippen LogP contribution >= 0.6 is 23.4 Å². The zero-order chi connectivity index (χ0) is 24.3. The summed E-state index contributed by atoms with van der Waals surface area (Å²) in [7, 11) is 0. The number of aryl methyl sites for hydroxylation is 1. The molecule has 0 saturated carbocycles. The number of hydrogen-bond acceptors (Lipinski definition) is 5. The molecule has 2 amide bonds. The first-order valence-corrected chi connectivity index (χ1v) is 12.1. The van der Waals surface area contributed by atoms with E-state index in [4.69, 9.17) is 11.6 Å². The topological polar surface area (TPSA) is 88.9 Å². The van der Waals surface area contributed by atoms with Crippen LogP contribution in [-0.4, -0.2) is 32.3 Å². The van der Waals surface area contributed by atoms with E-state index in [1.807, 2.05) is 54.0 Å². The molecule has 3 rings (SSSR count). The largest absolute Gasteiger partial charge is 0.345 e. The predicted molar refractivity (Wildman–Crippen MR) is 138 cm³/mol. The molecule has 176 valence electrons. The van der Waals surface area contributed by atoms with E-state index in [9.17, 15) is 9.59 Å². The van der Waals surface area contributed by atoms with Gasteiger partial charge < -0.3 is 15.2 Å². The van der Waals surface area contributed by atoms with Crippen LogP contribution in [0.25, 0.3) is 6.08 Å². The van der Waals surface area contributed by atoms with Gasteiger partial charge in [0.25, 0.3) is 0 Å². The molecule has 0 saturated heterocycles. The Hall–Kier alpha value is -3.36. The smallest absolute Gasteiger partial charge is 0.244 e. The van der Waals surface area contributed by atoms with Crippen molar-refractivity contribution in [2.75, 3.05) is 11.1 Å². The lowest BCUT2D eigenvalue weighted by Gasteiger charge is -2.10. The standard InChI is InChI=1S/C25H26ClN5O2S/c1-3-15-31-22(16-27-23(32)14-13-19-10-5-7-11-20(19)26)29-30-25(31)34-17-24(33)28-21-12-8-6-9-18(21)4-2/h3,5-14H,1,4,15-17H2,2H3,(H,27,32)(H,28,33)/b14-13+. The fourth-order valence-electron chi connectivity index (χ4n) is 3.14. The van der Waals surface area contributed by atoms with Crippen molar-refractivity contribution in [1.82, 2.24) is 20.1 Å². The van der Waals surface area contributed by atoms with Gasteiger partial charge in [-0.3, -0.25) is 9.59 Å². The molecular formula is C25H26ClN5O2S. The third-order valence-electron chi connectivity index (χ3n) is 4.85. The molecule has 2 N–H and O–H groups in total. The molecule has 0 radical (unpaired) electrons. The Bertz CT molecular complexity index is 1190. The molecule has 3 aromatic rings. The highest BCUT2D eigenvalue weighted by molar-refractivity contribution is 7.99. The van der Waals surface area contributed by atoms with Crippen molar-refractivity contribution in [3.63, 3.8) is 0 Å². The highest BCUT2D eigenvalue weighted by Crippen LogP contribution is 2.20. The van der Waals surface area contributed by atoms with Crippen molar-refractivity contribution in [3.8, 4) is 0 Å². The summed E-state index contributed by atoms with van der Waals surface area (Å²) in [5.74, 6) is 0.341. The second kappa shape index (κ2) is 12.8. The molecule has 0 fully saturated rings. The average Bonchev–Trinajstić information content (AvgIpc) is 3.23. The van der Waals surface area contributed by atoms with Crippen molar-refractivity contribution in [1.29, 1.82) is 0 Å². The molecule has 9 heteroatoms. The van der Waals surface area contributed by atoms with Crippen LogP contribution in [0.15, 0.2) is 72.4 Å². The van der Waals surface area contributed by atoms with Gasteiger partial charge in [-0.1, -0.05) is 72.8 Å². The number of para-hydroxylation sites is 1. The minimum absolute atomic E-state index is 0.126. The lowest BCUT2D eigenvalue weighted by atomic mass is 10.1. The Morgan fingerprint density at radius 1 is 1.15 bits per heavy atom. The molecule has 1 heterocycles. The second-order valence-electron chi connectivity index (χ2n) is 7.22. The minimum atomic E-state index is -0.281. The number of benzene rings is 2. The first-order valence-electron chi connectivity index (χ1n) is 10.8. The van der Waals surface area contributed by atoms with E-state index < -0.39 is 0 Å². The summed E-state index contributed by atoms with van der Waals surface area (Å²) in [6.07, 6.45) is 5.62. The van der Waals surface area contributed by atoms with Crippen LogP contribution in [0.3, 0.4) is 0 Å². The second-order valence-corrected chi connectivity index (χ2v) is 8.57. The SMILES string of the molecule is C=CCn1c(CNC(=O)/C=C/c2ccccc2Cl)nnc1SCC(=O)Nc1ccccc1CC. The van der Waals surface area contributed by atoms with Gasteiger partial charge in [-0.05, 0) is 35.8 Å². The molecule has 0 spiro atoms. The maximum absolute atomic E-state index is 12.5. The number of carbonyl (C=O) groups excluding carboxylic acids is 2. The number of carbonyl (C=O) groups is 2. The maximum Gasteiger partial charge on any atom is 0.244 e. The normalized spacial score (nSPS) is 10.9. The summed E-state index contributed by atoms with van der Waals surface area (Å²) in [4.78, 5) is 24.7. The number of hydrogen-bond donors (Lipinski definition) is 2. The van der Waals surface area contributed by atoms with Crippen molar-refractivity contribution >= 4 is 46.9 Å². The number of nitrogens with one attached hydrogen (secondary N) is 2. The summed E-state index contributed by atoms with van der Waals surface area (Å²) in [6.45, 7) is 6.46. The zero-order valence-electron chi connectivity index (χ0n) is 18.8. The third kappa shape index (κ3) is 7.07. The van der Waals surface area contributed by atoms with Crippen molar-refractivity contribution in [2.45, 2.75) is 31.6 Å². The van der Waals surface area contributed by atoms with E-state index in [2.05, 4.69) is 27.4 Å². The number of anilines is 1. The fourth-order valence-corrected chi connectivity index (χ4v) is 4.10. The first-order chi connectivity index (χ1) is 16.5. The summed E-state index contributed by atoms with van der Waals surface area (Å²) < 4.78 is 1.82. The van der Waals surface area contributed by atoms with Crippen LogP contribution in [-0.2, 0) is 29.1 Å². The Balaban J connectivity index is 1.58. The van der Waals surface area contributed by atoms with Crippen molar-refractivity contribution in [2.24, 2.45) is 0 Å². The number of thioether (sulfide) groups is 1. The molecule has 0 unspecified atom stereocenters. The molecule has 0 aliphatic carbocycles. The van der Waals surface area contributed by atoms with Gasteiger partial charge in [0.1, 0.15) is 0 Å². The summed E-state index contributed by atoms with van der Waals surface area (Å²) in [6, 6.07) is 15.0. The number of halogens is 1. The van der Waals surface area contributed by atoms with Gasteiger partial charge in [-0.2, -0.15) is 0 Å². The molecule has 2 aromatic carbocycles. The third-order valence-corrected chi connectivity index (χ3v) is 6.16. The monoisotopic (exact) mass is 495 g/mol. The van der Waals surface area contributed by atoms with E-state index in [0.717, 1.165) is 23.2 Å². The molecule has 0 aliphatic heterocycles.